The highest BCUT2D eigenvalue weighted by Gasteiger charge is 2.24. The van der Waals surface area contributed by atoms with E-state index in [1.807, 2.05) is 56.3 Å². The molecule has 3 amide bonds. The van der Waals surface area contributed by atoms with E-state index >= 15 is 0 Å². The first-order valence-electron chi connectivity index (χ1n) is 12.4. The van der Waals surface area contributed by atoms with Crippen molar-refractivity contribution in [2.75, 3.05) is 44.0 Å². The van der Waals surface area contributed by atoms with Crippen LogP contribution in [0.5, 0.6) is 5.75 Å². The average molecular weight is 508 g/mol. The minimum Gasteiger partial charge on any atom is -0.492 e. The van der Waals surface area contributed by atoms with Crippen LogP contribution in [0.15, 0.2) is 54.6 Å². The molecule has 0 saturated carbocycles. The summed E-state index contributed by atoms with van der Waals surface area (Å²) >= 11 is 0. The molecule has 198 valence electrons. The van der Waals surface area contributed by atoms with Gasteiger partial charge in [-0.1, -0.05) is 51.1 Å². The van der Waals surface area contributed by atoms with Crippen molar-refractivity contribution in [3.05, 3.63) is 65.9 Å². The Kier molecular flexibility index (Phi) is 9.30. The van der Waals surface area contributed by atoms with Crippen molar-refractivity contribution >= 4 is 23.4 Å². The number of amides is 3. The molecule has 3 aromatic rings. The second-order valence-corrected chi connectivity index (χ2v) is 9.68. The van der Waals surface area contributed by atoms with Crippen molar-refractivity contribution in [3.63, 3.8) is 0 Å². The Hall–Kier alpha value is -3.85. The van der Waals surface area contributed by atoms with Crippen molar-refractivity contribution in [2.45, 2.75) is 40.0 Å². The van der Waals surface area contributed by atoms with Crippen LogP contribution in [0.25, 0.3) is 5.69 Å². The molecule has 3 rings (SSSR count). The van der Waals surface area contributed by atoms with Gasteiger partial charge < -0.3 is 25.0 Å². The minimum absolute atomic E-state index is 0.171. The quantitative estimate of drug-likeness (QED) is 0.403. The summed E-state index contributed by atoms with van der Waals surface area (Å²) in [4.78, 5) is 27.7. The molecule has 1 aromatic heterocycles. The fourth-order valence-electron chi connectivity index (χ4n) is 3.68. The number of methoxy groups -OCH3 is 1. The number of hydrogen-bond acceptors (Lipinski definition) is 5. The van der Waals surface area contributed by atoms with Gasteiger partial charge in [0.15, 0.2) is 0 Å². The Labute approximate surface area is 218 Å². The lowest BCUT2D eigenvalue weighted by molar-refractivity contribution is -0.116. The van der Waals surface area contributed by atoms with Gasteiger partial charge in [-0.05, 0) is 37.6 Å². The monoisotopic (exact) mass is 507 g/mol. The van der Waals surface area contributed by atoms with Crippen molar-refractivity contribution in [1.82, 2.24) is 14.7 Å². The van der Waals surface area contributed by atoms with E-state index in [1.165, 1.54) is 4.90 Å². The highest BCUT2D eigenvalue weighted by molar-refractivity contribution is 5.97. The first kappa shape index (κ1) is 27.7. The highest BCUT2D eigenvalue weighted by atomic mass is 16.5. The Morgan fingerprint density at radius 3 is 2.43 bits per heavy atom. The SMILES string of the molecule is CCOc1ccccc1NC(=O)N(CCOC)CC(=O)Nc1cc(C(C)(C)C)nn1-c1ccccc1C. The van der Waals surface area contributed by atoms with E-state index in [4.69, 9.17) is 14.6 Å². The zero-order valence-electron chi connectivity index (χ0n) is 22.5. The number of nitrogens with zero attached hydrogens (tertiary/aromatic N) is 3. The second-order valence-electron chi connectivity index (χ2n) is 9.68. The molecule has 2 aromatic carbocycles. The number of para-hydroxylation sites is 3. The normalized spacial score (nSPS) is 11.2. The standard InChI is InChI=1S/C28H37N5O4/c1-7-37-23-15-11-9-13-21(23)29-27(35)32(16-17-36-6)19-26(34)30-25-18-24(28(3,4)5)31-33(25)22-14-10-8-12-20(22)2/h8-15,18H,7,16-17,19H2,1-6H3,(H,29,35)(H,30,34). The van der Waals surface area contributed by atoms with Crippen LogP contribution in [-0.2, 0) is 14.9 Å². The lowest BCUT2D eigenvalue weighted by Gasteiger charge is -2.23. The summed E-state index contributed by atoms with van der Waals surface area (Å²) in [7, 11) is 1.55. The van der Waals surface area contributed by atoms with Crippen LogP contribution in [0.3, 0.4) is 0 Å². The van der Waals surface area contributed by atoms with Crippen LogP contribution in [-0.4, -0.2) is 60.0 Å². The summed E-state index contributed by atoms with van der Waals surface area (Å²) in [6, 6.07) is 16.5. The predicted molar refractivity (Wildman–Crippen MR) is 146 cm³/mol. The van der Waals surface area contributed by atoms with E-state index in [9.17, 15) is 9.59 Å². The van der Waals surface area contributed by atoms with E-state index in [0.29, 0.717) is 23.9 Å². The van der Waals surface area contributed by atoms with Crippen molar-refractivity contribution in [3.8, 4) is 11.4 Å². The molecular weight excluding hydrogens is 470 g/mol. The molecule has 1 heterocycles. The van der Waals surface area contributed by atoms with Gasteiger partial charge in [-0.3, -0.25) is 4.79 Å². The molecule has 2 N–H and O–H groups in total. The molecule has 9 heteroatoms. The van der Waals surface area contributed by atoms with Crippen molar-refractivity contribution in [2.24, 2.45) is 0 Å². The molecule has 9 nitrogen and oxygen atoms in total. The topological polar surface area (TPSA) is 97.7 Å². The van der Waals surface area contributed by atoms with Crippen LogP contribution in [0.2, 0.25) is 0 Å². The first-order chi connectivity index (χ1) is 17.6. The van der Waals surface area contributed by atoms with Gasteiger partial charge in [0.1, 0.15) is 18.1 Å². The van der Waals surface area contributed by atoms with Crippen LogP contribution in [0.1, 0.15) is 39.0 Å². The van der Waals surface area contributed by atoms with Gasteiger partial charge in [0, 0.05) is 25.1 Å². The van der Waals surface area contributed by atoms with Crippen molar-refractivity contribution in [1.29, 1.82) is 0 Å². The Morgan fingerprint density at radius 1 is 1.05 bits per heavy atom. The van der Waals surface area contributed by atoms with Crippen LogP contribution in [0, 0.1) is 6.92 Å². The Morgan fingerprint density at radius 2 is 1.76 bits per heavy atom. The van der Waals surface area contributed by atoms with Gasteiger partial charge in [-0.2, -0.15) is 5.10 Å². The third-order valence-corrected chi connectivity index (χ3v) is 5.70. The fourth-order valence-corrected chi connectivity index (χ4v) is 3.68. The van der Waals surface area contributed by atoms with Crippen LogP contribution < -0.4 is 15.4 Å². The van der Waals surface area contributed by atoms with Gasteiger partial charge in [0.05, 0.1) is 30.3 Å². The maximum absolute atomic E-state index is 13.2. The van der Waals surface area contributed by atoms with Gasteiger partial charge in [-0.25, -0.2) is 9.48 Å². The number of urea groups is 1. The lowest BCUT2D eigenvalue weighted by Crippen LogP contribution is -2.42. The molecular formula is C28H37N5O4. The van der Waals surface area contributed by atoms with E-state index < -0.39 is 6.03 Å². The zero-order chi connectivity index (χ0) is 27.0. The first-order valence-corrected chi connectivity index (χ1v) is 12.4. The molecule has 0 unspecified atom stereocenters. The number of carbonyl (C=O) groups is 2. The number of rotatable bonds is 10. The largest absolute Gasteiger partial charge is 0.492 e. The summed E-state index contributed by atoms with van der Waals surface area (Å²) in [5, 5.41) is 10.6. The fraction of sp³-hybridized carbons (Fsp3) is 0.393. The minimum atomic E-state index is -0.429. The van der Waals surface area contributed by atoms with Crippen LogP contribution in [0.4, 0.5) is 16.3 Å². The molecule has 0 bridgehead atoms. The maximum Gasteiger partial charge on any atom is 0.322 e. The molecule has 0 aliphatic rings. The van der Waals surface area contributed by atoms with Crippen LogP contribution >= 0.6 is 0 Å². The van der Waals surface area contributed by atoms with E-state index in [0.717, 1.165) is 16.9 Å². The maximum atomic E-state index is 13.2. The molecule has 0 fully saturated rings. The van der Waals surface area contributed by atoms with Gasteiger partial charge in [0.2, 0.25) is 5.91 Å². The molecule has 0 aliphatic heterocycles. The van der Waals surface area contributed by atoms with Gasteiger partial charge in [-0.15, -0.1) is 0 Å². The zero-order valence-corrected chi connectivity index (χ0v) is 22.5. The Bertz CT molecular complexity index is 1220. The molecule has 0 radical (unpaired) electrons. The number of benzene rings is 2. The third kappa shape index (κ3) is 7.33. The number of aromatic nitrogens is 2. The average Bonchev–Trinajstić information content (AvgIpc) is 3.27. The lowest BCUT2D eigenvalue weighted by atomic mass is 9.92. The number of hydrogen-bond donors (Lipinski definition) is 2. The second kappa shape index (κ2) is 12.4. The van der Waals surface area contributed by atoms with E-state index in [1.54, 1.807) is 23.9 Å². The molecule has 0 spiro atoms. The van der Waals surface area contributed by atoms with E-state index in [2.05, 4.69) is 31.4 Å². The van der Waals surface area contributed by atoms with Gasteiger partial charge in [0.25, 0.3) is 0 Å². The molecule has 37 heavy (non-hydrogen) atoms. The summed E-state index contributed by atoms with van der Waals surface area (Å²) in [6.45, 7) is 10.9. The molecule has 0 atom stereocenters. The van der Waals surface area contributed by atoms with Crippen molar-refractivity contribution < 1.29 is 19.1 Å². The smallest absolute Gasteiger partial charge is 0.322 e. The highest BCUT2D eigenvalue weighted by Crippen LogP contribution is 2.28. The number of nitrogens with one attached hydrogen (secondary N) is 2. The number of ether oxygens (including phenoxy) is 2. The van der Waals surface area contributed by atoms with Gasteiger partial charge >= 0.3 is 6.03 Å². The predicted octanol–water partition coefficient (Wildman–Crippen LogP) is 5.00. The number of carbonyl (C=O) groups excluding carboxylic acids is 2. The number of aryl methyl sites for hydroxylation is 1. The Balaban J connectivity index is 1.82. The molecule has 0 saturated heterocycles. The molecule has 0 aliphatic carbocycles. The summed E-state index contributed by atoms with van der Waals surface area (Å²) < 4.78 is 12.5. The van der Waals surface area contributed by atoms with E-state index in [-0.39, 0.29) is 31.0 Å². The summed E-state index contributed by atoms with van der Waals surface area (Å²) in [5.74, 6) is 0.754. The third-order valence-electron chi connectivity index (χ3n) is 5.70. The summed E-state index contributed by atoms with van der Waals surface area (Å²) in [6.07, 6.45) is 0. The summed E-state index contributed by atoms with van der Waals surface area (Å²) in [5.41, 5.74) is 3.05. The number of anilines is 2.